The van der Waals surface area contributed by atoms with Crippen LogP contribution in [0.5, 0.6) is 0 Å². The van der Waals surface area contributed by atoms with Crippen LogP contribution in [-0.2, 0) is 11.3 Å². The van der Waals surface area contributed by atoms with Crippen molar-refractivity contribution in [3.8, 4) is 11.5 Å². The summed E-state index contributed by atoms with van der Waals surface area (Å²) < 4.78 is 18.0. The molecule has 2 aliphatic heterocycles. The van der Waals surface area contributed by atoms with Crippen molar-refractivity contribution in [2.24, 2.45) is 0 Å². The van der Waals surface area contributed by atoms with Gasteiger partial charge in [0.05, 0.1) is 0 Å². The van der Waals surface area contributed by atoms with Gasteiger partial charge in [-0.15, -0.1) is 11.3 Å². The summed E-state index contributed by atoms with van der Waals surface area (Å²) in [6, 6.07) is 11.6. The number of imidazole rings is 1. The minimum Gasteiger partial charge on any atom is -0.398 e. The zero-order valence-electron chi connectivity index (χ0n) is 20.6. The molecule has 0 atom stereocenters. The number of alkyl halides is 1. The number of pyridine rings is 2. The van der Waals surface area contributed by atoms with E-state index in [-0.39, 0.29) is 24.8 Å². The molecule has 4 aromatic rings. The predicted molar refractivity (Wildman–Crippen MR) is 143 cm³/mol. The van der Waals surface area contributed by atoms with Crippen LogP contribution in [0.25, 0.3) is 22.7 Å². The summed E-state index contributed by atoms with van der Waals surface area (Å²) in [4.78, 5) is 32.3. The number of nitrogen functional groups attached to an aromatic ring is 1. The van der Waals surface area contributed by atoms with Crippen molar-refractivity contribution in [1.82, 2.24) is 29.3 Å². The van der Waals surface area contributed by atoms with Gasteiger partial charge < -0.3 is 15.2 Å². The van der Waals surface area contributed by atoms with Crippen molar-refractivity contribution in [1.29, 1.82) is 0 Å². The number of aromatic nitrogens is 4. The first-order valence-electron chi connectivity index (χ1n) is 12.8. The molecule has 2 N–H and O–H groups in total. The van der Waals surface area contributed by atoms with Gasteiger partial charge in [0.2, 0.25) is 0 Å². The van der Waals surface area contributed by atoms with E-state index in [1.54, 1.807) is 28.6 Å². The number of carbonyl (C=O) groups is 1. The quantitative estimate of drug-likeness (QED) is 0.423. The summed E-state index contributed by atoms with van der Waals surface area (Å²) >= 11 is 1.62. The highest BCUT2D eigenvalue weighted by Gasteiger charge is 2.45. The Labute approximate surface area is 218 Å². The normalized spacial score (nSPS) is 18.9. The van der Waals surface area contributed by atoms with E-state index in [9.17, 15) is 4.79 Å². The van der Waals surface area contributed by atoms with E-state index < -0.39 is 5.67 Å². The second-order valence-electron chi connectivity index (χ2n) is 9.93. The van der Waals surface area contributed by atoms with Gasteiger partial charge in [0.15, 0.2) is 17.1 Å². The molecule has 0 aliphatic carbocycles. The van der Waals surface area contributed by atoms with Crippen molar-refractivity contribution in [2.75, 3.05) is 31.9 Å². The van der Waals surface area contributed by atoms with Crippen LogP contribution in [0.1, 0.15) is 36.6 Å². The summed E-state index contributed by atoms with van der Waals surface area (Å²) in [6.45, 7) is 2.84. The van der Waals surface area contributed by atoms with E-state index in [0.29, 0.717) is 45.6 Å². The van der Waals surface area contributed by atoms with Gasteiger partial charge in [-0.2, -0.15) is 0 Å². The van der Waals surface area contributed by atoms with Gasteiger partial charge in [-0.25, -0.2) is 14.4 Å². The number of amides is 1. The topological polar surface area (TPSA) is 93.2 Å². The molecule has 6 heterocycles. The fraction of sp³-hybridized carbons (Fsp3) is 0.407. The predicted octanol–water partition coefficient (Wildman–Crippen LogP) is 4.30. The zero-order chi connectivity index (χ0) is 25.4. The number of piperidine rings is 2. The Morgan fingerprint density at radius 2 is 1.84 bits per heavy atom. The average Bonchev–Trinajstić information content (AvgIpc) is 3.53. The minimum atomic E-state index is -1.80. The molecule has 2 fully saturated rings. The lowest BCUT2D eigenvalue weighted by molar-refractivity contribution is -0.148. The third-order valence-electron chi connectivity index (χ3n) is 7.64. The molecule has 1 amide bonds. The van der Waals surface area contributed by atoms with E-state index >= 15 is 4.39 Å². The van der Waals surface area contributed by atoms with Crippen molar-refractivity contribution < 1.29 is 9.18 Å². The second kappa shape index (κ2) is 9.83. The van der Waals surface area contributed by atoms with Crippen LogP contribution in [0.2, 0.25) is 0 Å². The van der Waals surface area contributed by atoms with Crippen LogP contribution in [0, 0.1) is 0 Å². The SMILES string of the molecule is Nc1ccsc1CN1CCC(F)(C(=O)N2CCC(n3c(-c4ccccn4)nc4cccnc43)CC2)CC1. The van der Waals surface area contributed by atoms with E-state index in [4.69, 9.17) is 10.7 Å². The van der Waals surface area contributed by atoms with Crippen LogP contribution in [-0.4, -0.2) is 67.1 Å². The molecule has 10 heteroatoms. The molecular formula is C27H30FN7OS. The number of anilines is 1. The third kappa shape index (κ3) is 4.59. The Morgan fingerprint density at radius 1 is 1.05 bits per heavy atom. The highest BCUT2D eigenvalue weighted by Crippen LogP contribution is 2.35. The molecule has 6 rings (SSSR count). The molecule has 8 nitrogen and oxygen atoms in total. The van der Waals surface area contributed by atoms with Gasteiger partial charge in [0.25, 0.3) is 5.91 Å². The minimum absolute atomic E-state index is 0.106. The first-order chi connectivity index (χ1) is 18.0. The fourth-order valence-corrected chi connectivity index (χ4v) is 6.36. The Balaban J connectivity index is 1.13. The molecule has 2 saturated heterocycles. The summed E-state index contributed by atoms with van der Waals surface area (Å²) in [5, 5.41) is 1.98. The molecule has 0 spiro atoms. The molecule has 4 aromatic heterocycles. The van der Waals surface area contributed by atoms with Gasteiger partial charge in [0.1, 0.15) is 11.2 Å². The molecule has 0 aromatic carbocycles. The molecule has 192 valence electrons. The first-order valence-corrected chi connectivity index (χ1v) is 13.7. The number of rotatable bonds is 5. The lowest BCUT2D eigenvalue weighted by Crippen LogP contribution is -2.53. The number of thiophene rings is 1. The molecule has 2 aliphatic rings. The zero-order valence-corrected chi connectivity index (χ0v) is 21.4. The number of nitrogens with two attached hydrogens (primary N) is 1. The Bertz CT molecular complexity index is 1390. The molecule has 0 saturated carbocycles. The number of carbonyl (C=O) groups excluding carboxylic acids is 1. The van der Waals surface area contributed by atoms with Crippen molar-refractivity contribution in [3.63, 3.8) is 0 Å². The third-order valence-corrected chi connectivity index (χ3v) is 8.56. The summed E-state index contributed by atoms with van der Waals surface area (Å²) in [7, 11) is 0. The molecule has 0 unspecified atom stereocenters. The fourth-order valence-electron chi connectivity index (χ4n) is 5.52. The first kappa shape index (κ1) is 24.0. The highest BCUT2D eigenvalue weighted by atomic mass is 32.1. The maximum Gasteiger partial charge on any atom is 0.260 e. The largest absolute Gasteiger partial charge is 0.398 e. The van der Waals surface area contributed by atoms with Crippen LogP contribution in [0.15, 0.2) is 54.2 Å². The molecule has 37 heavy (non-hydrogen) atoms. The van der Waals surface area contributed by atoms with Crippen molar-refractivity contribution in [3.05, 3.63) is 59.0 Å². The maximum absolute atomic E-state index is 15.9. The van der Waals surface area contributed by atoms with E-state index in [0.717, 1.165) is 33.2 Å². The number of hydrogen-bond donors (Lipinski definition) is 1. The van der Waals surface area contributed by atoms with Crippen molar-refractivity contribution in [2.45, 2.75) is 43.9 Å². The highest BCUT2D eigenvalue weighted by molar-refractivity contribution is 7.10. The lowest BCUT2D eigenvalue weighted by Gasteiger charge is -2.40. The van der Waals surface area contributed by atoms with Gasteiger partial charge >= 0.3 is 0 Å². The van der Waals surface area contributed by atoms with Gasteiger partial charge in [-0.1, -0.05) is 6.07 Å². The molecule has 0 radical (unpaired) electrons. The summed E-state index contributed by atoms with van der Waals surface area (Å²) in [6.07, 6.45) is 5.40. The number of hydrogen-bond acceptors (Lipinski definition) is 7. The Hall–Kier alpha value is -3.37. The number of likely N-dealkylation sites (tertiary alicyclic amines) is 2. The number of fused-ring (bicyclic) bond motifs is 1. The Morgan fingerprint density at radius 3 is 2.54 bits per heavy atom. The number of halogens is 1. The Kier molecular flexibility index (Phi) is 6.37. The van der Waals surface area contributed by atoms with Crippen LogP contribution < -0.4 is 5.73 Å². The second-order valence-corrected chi connectivity index (χ2v) is 10.9. The van der Waals surface area contributed by atoms with E-state index in [1.807, 2.05) is 41.8 Å². The smallest absolute Gasteiger partial charge is 0.260 e. The van der Waals surface area contributed by atoms with Crippen LogP contribution in [0.3, 0.4) is 0 Å². The van der Waals surface area contributed by atoms with Crippen LogP contribution >= 0.6 is 11.3 Å². The monoisotopic (exact) mass is 519 g/mol. The van der Waals surface area contributed by atoms with Gasteiger partial charge in [0, 0.05) is 74.6 Å². The van der Waals surface area contributed by atoms with Gasteiger partial charge in [-0.05, 0) is 48.6 Å². The van der Waals surface area contributed by atoms with E-state index in [1.165, 1.54) is 0 Å². The van der Waals surface area contributed by atoms with E-state index in [2.05, 4.69) is 19.4 Å². The standard InChI is InChI=1S/C27H30FN7OS/c28-27(9-15-33(16-10-27)18-23-20(29)8-17-37-23)26(36)34-13-6-19(7-14-34)35-24-22(5-3-12-31-24)32-25(35)21-4-1-2-11-30-21/h1-5,8,11-12,17,19H,6-7,9-10,13-16,18,29H2. The lowest BCUT2D eigenvalue weighted by atomic mass is 9.90. The van der Waals surface area contributed by atoms with Gasteiger partial charge in [-0.3, -0.25) is 14.7 Å². The van der Waals surface area contributed by atoms with Crippen LogP contribution in [0.4, 0.5) is 10.1 Å². The summed E-state index contributed by atoms with van der Waals surface area (Å²) in [5.74, 6) is 0.416. The molecular weight excluding hydrogens is 489 g/mol. The summed E-state index contributed by atoms with van der Waals surface area (Å²) in [5.41, 5.74) is 7.42. The average molecular weight is 520 g/mol. The number of nitrogens with zero attached hydrogens (tertiary/aromatic N) is 6. The maximum atomic E-state index is 15.9. The molecule has 0 bridgehead atoms. The van der Waals surface area contributed by atoms with Crippen molar-refractivity contribution >= 4 is 34.1 Å².